The van der Waals surface area contributed by atoms with Crippen molar-refractivity contribution in [3.05, 3.63) is 0 Å². The van der Waals surface area contributed by atoms with Gasteiger partial charge in [0.15, 0.2) is 0 Å². The van der Waals surface area contributed by atoms with Crippen molar-refractivity contribution in [2.45, 2.75) is 18.9 Å². The topological polar surface area (TPSA) is 49.8 Å². The molecular formula is C10H19NO3S. The molecule has 0 heterocycles. The smallest absolute Gasteiger partial charge is 0.232 e. The standard InChI is InChI=1S/C10H19NO3S/c1-14-6-7-15-8-10(13)11(4-5-12)9-2-3-9/h9,12H,2-8H2,1H3. The molecule has 0 spiro atoms. The molecule has 0 saturated heterocycles. The third-order valence-corrected chi connectivity index (χ3v) is 3.21. The zero-order chi connectivity index (χ0) is 11.1. The summed E-state index contributed by atoms with van der Waals surface area (Å²) in [4.78, 5) is 13.5. The van der Waals surface area contributed by atoms with Gasteiger partial charge in [0.25, 0.3) is 0 Å². The van der Waals surface area contributed by atoms with Crippen LogP contribution in [0.3, 0.4) is 0 Å². The largest absolute Gasteiger partial charge is 0.395 e. The van der Waals surface area contributed by atoms with E-state index in [0.29, 0.717) is 24.9 Å². The number of aliphatic hydroxyl groups excluding tert-OH is 1. The minimum atomic E-state index is 0.0605. The normalized spacial score (nSPS) is 15.3. The first-order valence-electron chi connectivity index (χ1n) is 5.26. The lowest BCUT2D eigenvalue weighted by Gasteiger charge is -2.20. The number of hydrogen-bond acceptors (Lipinski definition) is 4. The van der Waals surface area contributed by atoms with Gasteiger partial charge in [-0.25, -0.2) is 0 Å². The molecule has 1 amide bonds. The van der Waals surface area contributed by atoms with Crippen LogP contribution < -0.4 is 0 Å². The summed E-state index contributed by atoms with van der Waals surface area (Å²) in [7, 11) is 1.66. The number of thioether (sulfide) groups is 1. The fraction of sp³-hybridized carbons (Fsp3) is 0.900. The molecule has 0 unspecified atom stereocenters. The number of ether oxygens (including phenoxy) is 1. The van der Waals surface area contributed by atoms with Gasteiger partial charge < -0.3 is 14.7 Å². The number of rotatable bonds is 8. The average Bonchev–Trinajstić information content (AvgIpc) is 3.04. The predicted molar refractivity (Wildman–Crippen MR) is 61.0 cm³/mol. The molecule has 0 atom stereocenters. The van der Waals surface area contributed by atoms with Gasteiger partial charge in [-0.3, -0.25) is 4.79 Å². The van der Waals surface area contributed by atoms with Crippen LogP contribution in [0.5, 0.6) is 0 Å². The van der Waals surface area contributed by atoms with Crippen LogP contribution in [0.1, 0.15) is 12.8 Å². The van der Waals surface area contributed by atoms with E-state index in [1.165, 1.54) is 0 Å². The molecule has 1 aliphatic rings. The lowest BCUT2D eigenvalue weighted by molar-refractivity contribution is -0.129. The summed E-state index contributed by atoms with van der Waals surface area (Å²) >= 11 is 1.59. The lowest BCUT2D eigenvalue weighted by Crippen LogP contribution is -2.36. The highest BCUT2D eigenvalue weighted by Gasteiger charge is 2.31. The number of amides is 1. The van der Waals surface area contributed by atoms with Crippen molar-refractivity contribution in [1.29, 1.82) is 0 Å². The van der Waals surface area contributed by atoms with E-state index >= 15 is 0 Å². The number of methoxy groups -OCH3 is 1. The number of aliphatic hydroxyl groups is 1. The summed E-state index contributed by atoms with van der Waals surface area (Å²) in [6.07, 6.45) is 2.18. The molecule has 15 heavy (non-hydrogen) atoms. The molecule has 0 bridgehead atoms. The SMILES string of the molecule is COCCSCC(=O)N(CCO)C1CC1. The highest BCUT2D eigenvalue weighted by molar-refractivity contribution is 7.99. The molecule has 1 rings (SSSR count). The molecule has 5 heteroatoms. The second-order valence-corrected chi connectivity index (χ2v) is 4.69. The van der Waals surface area contributed by atoms with Crippen LogP contribution in [0, 0.1) is 0 Å². The number of nitrogens with zero attached hydrogens (tertiary/aromatic N) is 1. The fourth-order valence-corrected chi connectivity index (χ4v) is 2.16. The van der Waals surface area contributed by atoms with E-state index in [9.17, 15) is 4.79 Å². The summed E-state index contributed by atoms with van der Waals surface area (Å²) in [6, 6.07) is 0.396. The number of hydrogen-bond donors (Lipinski definition) is 1. The Hall–Kier alpha value is -0.260. The molecule has 0 aromatic heterocycles. The Kier molecular flexibility index (Phi) is 6.05. The van der Waals surface area contributed by atoms with E-state index in [4.69, 9.17) is 9.84 Å². The minimum absolute atomic E-state index is 0.0605. The van der Waals surface area contributed by atoms with E-state index in [2.05, 4.69) is 0 Å². The van der Waals surface area contributed by atoms with E-state index in [1.807, 2.05) is 0 Å². The molecule has 1 fully saturated rings. The summed E-state index contributed by atoms with van der Waals surface area (Å²) < 4.78 is 4.91. The van der Waals surface area contributed by atoms with Crippen molar-refractivity contribution in [2.75, 3.05) is 38.4 Å². The molecule has 1 saturated carbocycles. The van der Waals surface area contributed by atoms with Gasteiger partial charge in [-0.05, 0) is 12.8 Å². The summed E-state index contributed by atoms with van der Waals surface area (Å²) in [5.74, 6) is 1.49. The van der Waals surface area contributed by atoms with Gasteiger partial charge in [-0.15, -0.1) is 11.8 Å². The maximum atomic E-state index is 11.7. The van der Waals surface area contributed by atoms with Gasteiger partial charge in [0.1, 0.15) is 0 Å². The van der Waals surface area contributed by atoms with Gasteiger partial charge in [0.05, 0.1) is 19.0 Å². The van der Waals surface area contributed by atoms with Crippen molar-refractivity contribution in [2.24, 2.45) is 0 Å². The maximum Gasteiger partial charge on any atom is 0.232 e. The van der Waals surface area contributed by atoms with Crippen LogP contribution in [-0.4, -0.2) is 60.3 Å². The molecule has 4 nitrogen and oxygen atoms in total. The monoisotopic (exact) mass is 233 g/mol. The Labute approximate surface area is 95.0 Å². The van der Waals surface area contributed by atoms with Crippen LogP contribution in [0.2, 0.25) is 0 Å². The van der Waals surface area contributed by atoms with Crippen molar-refractivity contribution in [1.82, 2.24) is 4.90 Å². The maximum absolute atomic E-state index is 11.7. The van der Waals surface area contributed by atoms with Gasteiger partial charge in [-0.2, -0.15) is 0 Å². The highest BCUT2D eigenvalue weighted by Crippen LogP contribution is 2.27. The second kappa shape index (κ2) is 7.09. The number of carbonyl (C=O) groups excluding carboxylic acids is 1. The zero-order valence-electron chi connectivity index (χ0n) is 9.15. The van der Waals surface area contributed by atoms with Gasteiger partial charge in [0, 0.05) is 25.4 Å². The molecule has 1 aliphatic carbocycles. The van der Waals surface area contributed by atoms with E-state index in [-0.39, 0.29) is 12.5 Å². The summed E-state index contributed by atoms with van der Waals surface area (Å²) in [5, 5.41) is 8.85. The van der Waals surface area contributed by atoms with Crippen molar-refractivity contribution >= 4 is 17.7 Å². The molecular weight excluding hydrogens is 214 g/mol. The first-order chi connectivity index (χ1) is 7.29. The molecule has 88 valence electrons. The minimum Gasteiger partial charge on any atom is -0.395 e. The molecule has 1 N–H and O–H groups in total. The van der Waals surface area contributed by atoms with Crippen LogP contribution in [-0.2, 0) is 9.53 Å². The Morgan fingerprint density at radius 3 is 2.87 bits per heavy atom. The van der Waals surface area contributed by atoms with Crippen LogP contribution in [0.25, 0.3) is 0 Å². The lowest BCUT2D eigenvalue weighted by atomic mass is 10.4. The third-order valence-electron chi connectivity index (χ3n) is 2.31. The van der Waals surface area contributed by atoms with E-state index in [0.717, 1.165) is 18.6 Å². The van der Waals surface area contributed by atoms with Crippen molar-refractivity contribution in [3.63, 3.8) is 0 Å². The first kappa shape index (κ1) is 12.8. The third kappa shape index (κ3) is 4.86. The predicted octanol–water partition coefficient (Wildman–Crippen LogP) is 0.349. The number of carbonyl (C=O) groups is 1. The van der Waals surface area contributed by atoms with E-state index in [1.54, 1.807) is 23.8 Å². The summed E-state index contributed by atoms with van der Waals surface area (Å²) in [6.45, 7) is 1.22. The Morgan fingerprint density at radius 2 is 2.33 bits per heavy atom. The average molecular weight is 233 g/mol. The molecule has 0 radical (unpaired) electrons. The molecule has 0 aromatic rings. The zero-order valence-corrected chi connectivity index (χ0v) is 9.96. The fourth-order valence-electron chi connectivity index (χ4n) is 1.39. The van der Waals surface area contributed by atoms with Crippen LogP contribution >= 0.6 is 11.8 Å². The summed E-state index contributed by atoms with van der Waals surface area (Å²) in [5.41, 5.74) is 0. The van der Waals surface area contributed by atoms with Crippen molar-refractivity contribution in [3.8, 4) is 0 Å². The Morgan fingerprint density at radius 1 is 1.60 bits per heavy atom. The molecule has 0 aromatic carbocycles. The molecule has 0 aliphatic heterocycles. The second-order valence-electron chi connectivity index (χ2n) is 3.59. The quantitative estimate of drug-likeness (QED) is 0.615. The Bertz CT molecular complexity index is 197. The van der Waals surface area contributed by atoms with Gasteiger partial charge in [0.2, 0.25) is 5.91 Å². The highest BCUT2D eigenvalue weighted by atomic mass is 32.2. The van der Waals surface area contributed by atoms with Crippen LogP contribution in [0.4, 0.5) is 0 Å². The van der Waals surface area contributed by atoms with Crippen molar-refractivity contribution < 1.29 is 14.6 Å². The Balaban J connectivity index is 2.17. The van der Waals surface area contributed by atoms with E-state index < -0.39 is 0 Å². The first-order valence-corrected chi connectivity index (χ1v) is 6.42. The van der Waals surface area contributed by atoms with Gasteiger partial charge >= 0.3 is 0 Å². The van der Waals surface area contributed by atoms with Crippen LogP contribution in [0.15, 0.2) is 0 Å². The van der Waals surface area contributed by atoms with Gasteiger partial charge in [-0.1, -0.05) is 0 Å².